The summed E-state index contributed by atoms with van der Waals surface area (Å²) >= 11 is 3.18. The van der Waals surface area contributed by atoms with Crippen molar-refractivity contribution in [1.29, 1.82) is 0 Å². The molecule has 0 spiro atoms. The maximum absolute atomic E-state index is 13.3. The molecule has 0 saturated carbocycles. The van der Waals surface area contributed by atoms with E-state index in [0.717, 1.165) is 0 Å². The van der Waals surface area contributed by atoms with Gasteiger partial charge in [-0.3, -0.25) is 4.79 Å². The van der Waals surface area contributed by atoms with E-state index in [-0.39, 0.29) is 5.78 Å². The molecule has 0 aliphatic heterocycles. The van der Waals surface area contributed by atoms with Gasteiger partial charge >= 0.3 is 0 Å². The van der Waals surface area contributed by atoms with E-state index < -0.39 is 11.9 Å². The molecule has 0 aliphatic carbocycles. The molecular weight excluding hydrogens is 339 g/mol. The van der Waals surface area contributed by atoms with Crippen LogP contribution < -0.4 is 9.47 Å². The Kier molecular flexibility index (Phi) is 4.96. The number of rotatable bonds is 5. The van der Waals surface area contributed by atoms with Gasteiger partial charge in [0.2, 0.25) is 5.78 Å². The van der Waals surface area contributed by atoms with Crippen LogP contribution in [0.3, 0.4) is 0 Å². The lowest BCUT2D eigenvalue weighted by Crippen LogP contribution is -2.23. The van der Waals surface area contributed by atoms with E-state index in [1.54, 1.807) is 44.4 Å². The number of hydrogen-bond acceptors (Lipinski definition) is 3. The van der Waals surface area contributed by atoms with Crippen molar-refractivity contribution >= 4 is 21.7 Å². The van der Waals surface area contributed by atoms with Gasteiger partial charge in [0, 0.05) is 16.1 Å². The van der Waals surface area contributed by atoms with Gasteiger partial charge in [0.25, 0.3) is 0 Å². The highest BCUT2D eigenvalue weighted by molar-refractivity contribution is 9.10. The first kappa shape index (κ1) is 15.5. The van der Waals surface area contributed by atoms with E-state index in [2.05, 4.69) is 15.9 Å². The standard InChI is InChI=1S/C16H14BrFO3/c1-10(21-15-8-12(17)7-13(18)9-15)16(19)11-3-5-14(20-2)6-4-11/h3-10H,1-2H3. The van der Waals surface area contributed by atoms with Gasteiger partial charge in [0.05, 0.1) is 7.11 Å². The number of ether oxygens (including phenoxy) is 2. The van der Waals surface area contributed by atoms with Gasteiger partial charge in [-0.15, -0.1) is 0 Å². The Balaban J connectivity index is 2.11. The Morgan fingerprint density at radius 3 is 2.38 bits per heavy atom. The summed E-state index contributed by atoms with van der Waals surface area (Å²) in [5.41, 5.74) is 0.513. The maximum atomic E-state index is 13.3. The Bertz CT molecular complexity index is 620. The molecule has 2 aromatic rings. The molecule has 0 N–H and O–H groups in total. The lowest BCUT2D eigenvalue weighted by Gasteiger charge is -2.14. The van der Waals surface area contributed by atoms with Crippen molar-refractivity contribution in [3.05, 3.63) is 58.3 Å². The van der Waals surface area contributed by atoms with E-state index in [1.165, 1.54) is 12.1 Å². The fraction of sp³-hybridized carbons (Fsp3) is 0.188. The topological polar surface area (TPSA) is 35.5 Å². The lowest BCUT2D eigenvalue weighted by atomic mass is 10.1. The molecule has 1 unspecified atom stereocenters. The van der Waals surface area contributed by atoms with Crippen LogP contribution >= 0.6 is 15.9 Å². The van der Waals surface area contributed by atoms with Crippen LogP contribution in [-0.2, 0) is 0 Å². The summed E-state index contributed by atoms with van der Waals surface area (Å²) in [7, 11) is 1.56. The molecule has 2 rings (SSSR count). The zero-order valence-corrected chi connectivity index (χ0v) is 13.2. The molecule has 3 nitrogen and oxygen atoms in total. The molecular formula is C16H14BrFO3. The number of halogens is 2. The Morgan fingerprint density at radius 2 is 1.81 bits per heavy atom. The van der Waals surface area contributed by atoms with Gasteiger partial charge in [-0.1, -0.05) is 15.9 Å². The highest BCUT2D eigenvalue weighted by atomic mass is 79.9. The van der Waals surface area contributed by atoms with Crippen LogP contribution in [0, 0.1) is 5.82 Å². The lowest BCUT2D eigenvalue weighted by molar-refractivity contribution is 0.0817. The number of benzene rings is 2. The average molecular weight is 353 g/mol. The summed E-state index contributed by atoms with van der Waals surface area (Å²) in [6, 6.07) is 10.9. The SMILES string of the molecule is COc1ccc(C(=O)C(C)Oc2cc(F)cc(Br)c2)cc1. The Labute approximate surface area is 130 Å². The fourth-order valence-corrected chi connectivity index (χ4v) is 2.29. The summed E-state index contributed by atoms with van der Waals surface area (Å²) in [4.78, 5) is 12.2. The van der Waals surface area contributed by atoms with E-state index >= 15 is 0 Å². The third kappa shape index (κ3) is 4.04. The second-order valence-electron chi connectivity index (χ2n) is 4.46. The van der Waals surface area contributed by atoms with Crippen LogP contribution in [0.5, 0.6) is 11.5 Å². The molecule has 0 aliphatic rings. The Morgan fingerprint density at radius 1 is 1.14 bits per heavy atom. The predicted molar refractivity (Wildman–Crippen MR) is 81.5 cm³/mol. The van der Waals surface area contributed by atoms with Crippen molar-refractivity contribution in [3.8, 4) is 11.5 Å². The van der Waals surface area contributed by atoms with E-state index in [1.807, 2.05) is 0 Å². The molecule has 0 aromatic heterocycles. The van der Waals surface area contributed by atoms with Crippen molar-refractivity contribution in [2.45, 2.75) is 13.0 Å². The number of carbonyl (C=O) groups is 1. The first-order valence-electron chi connectivity index (χ1n) is 6.30. The predicted octanol–water partition coefficient (Wildman–Crippen LogP) is 4.25. The van der Waals surface area contributed by atoms with Crippen molar-refractivity contribution in [1.82, 2.24) is 0 Å². The normalized spacial score (nSPS) is 11.8. The summed E-state index contributed by atoms with van der Waals surface area (Å²) < 4.78 is 24.4. The zero-order chi connectivity index (χ0) is 15.4. The molecule has 5 heteroatoms. The van der Waals surface area contributed by atoms with Crippen LogP contribution in [0.25, 0.3) is 0 Å². The first-order valence-corrected chi connectivity index (χ1v) is 7.10. The number of hydrogen-bond donors (Lipinski definition) is 0. The van der Waals surface area contributed by atoms with Gasteiger partial charge in [0.15, 0.2) is 6.10 Å². The number of carbonyl (C=O) groups excluding carboxylic acids is 1. The smallest absolute Gasteiger partial charge is 0.202 e. The van der Waals surface area contributed by atoms with Crippen molar-refractivity contribution in [2.24, 2.45) is 0 Å². The summed E-state index contributed by atoms with van der Waals surface area (Å²) in [5, 5.41) is 0. The molecule has 0 saturated heterocycles. The summed E-state index contributed by atoms with van der Waals surface area (Å²) in [6.45, 7) is 1.63. The van der Waals surface area contributed by atoms with Gasteiger partial charge in [0.1, 0.15) is 17.3 Å². The maximum Gasteiger partial charge on any atom is 0.202 e. The van der Waals surface area contributed by atoms with Crippen molar-refractivity contribution < 1.29 is 18.7 Å². The number of Topliss-reactive ketones (excluding diaryl/α,β-unsaturated/α-hetero) is 1. The monoisotopic (exact) mass is 352 g/mol. The van der Waals surface area contributed by atoms with Crippen molar-refractivity contribution in [3.63, 3.8) is 0 Å². The van der Waals surface area contributed by atoms with E-state index in [0.29, 0.717) is 21.5 Å². The third-order valence-electron chi connectivity index (χ3n) is 2.89. The van der Waals surface area contributed by atoms with Gasteiger partial charge < -0.3 is 9.47 Å². The first-order chi connectivity index (χ1) is 9.99. The molecule has 21 heavy (non-hydrogen) atoms. The molecule has 110 valence electrons. The molecule has 0 heterocycles. The minimum Gasteiger partial charge on any atom is -0.497 e. The largest absolute Gasteiger partial charge is 0.497 e. The van der Waals surface area contributed by atoms with Crippen LogP contribution in [-0.4, -0.2) is 19.0 Å². The molecule has 2 aromatic carbocycles. The second kappa shape index (κ2) is 6.72. The van der Waals surface area contributed by atoms with Crippen molar-refractivity contribution in [2.75, 3.05) is 7.11 Å². The minimum atomic E-state index is -0.716. The van der Waals surface area contributed by atoms with Crippen LogP contribution in [0.1, 0.15) is 17.3 Å². The zero-order valence-electron chi connectivity index (χ0n) is 11.6. The second-order valence-corrected chi connectivity index (χ2v) is 5.37. The highest BCUT2D eigenvalue weighted by Gasteiger charge is 2.17. The van der Waals surface area contributed by atoms with Crippen LogP contribution in [0.4, 0.5) is 4.39 Å². The van der Waals surface area contributed by atoms with Crippen LogP contribution in [0.15, 0.2) is 46.9 Å². The minimum absolute atomic E-state index is 0.182. The average Bonchev–Trinajstić information content (AvgIpc) is 2.45. The Hall–Kier alpha value is -1.88. The van der Waals surface area contributed by atoms with E-state index in [9.17, 15) is 9.18 Å². The van der Waals surface area contributed by atoms with Crippen LogP contribution in [0.2, 0.25) is 0 Å². The summed E-state index contributed by atoms with van der Waals surface area (Å²) in [5.74, 6) is 0.368. The number of ketones is 1. The highest BCUT2D eigenvalue weighted by Crippen LogP contribution is 2.22. The quantitative estimate of drug-likeness (QED) is 0.754. The van der Waals surface area contributed by atoms with Gasteiger partial charge in [-0.25, -0.2) is 4.39 Å². The van der Waals surface area contributed by atoms with Gasteiger partial charge in [-0.05, 0) is 43.3 Å². The molecule has 0 fully saturated rings. The number of methoxy groups -OCH3 is 1. The molecule has 1 atom stereocenters. The molecule has 0 bridgehead atoms. The molecule has 0 amide bonds. The van der Waals surface area contributed by atoms with Gasteiger partial charge in [-0.2, -0.15) is 0 Å². The third-order valence-corrected chi connectivity index (χ3v) is 3.35. The fourth-order valence-electron chi connectivity index (χ4n) is 1.84. The molecule has 0 radical (unpaired) electrons. The summed E-state index contributed by atoms with van der Waals surface area (Å²) in [6.07, 6.45) is -0.716. The van der Waals surface area contributed by atoms with E-state index in [4.69, 9.17) is 9.47 Å².